The summed E-state index contributed by atoms with van der Waals surface area (Å²) in [5, 5.41) is 52.9. The van der Waals surface area contributed by atoms with Crippen molar-refractivity contribution in [2.45, 2.75) is 30.8 Å². The van der Waals surface area contributed by atoms with Gasteiger partial charge >= 0.3 is 17.9 Å². The quantitative estimate of drug-likeness (QED) is 0.197. The van der Waals surface area contributed by atoms with E-state index in [0.29, 0.717) is 0 Å². The lowest BCUT2D eigenvalue weighted by Gasteiger charge is -2.22. The zero-order valence-electron chi connectivity index (χ0n) is 9.59. The van der Waals surface area contributed by atoms with E-state index >= 15 is 0 Å². The van der Waals surface area contributed by atoms with Crippen molar-refractivity contribution in [2.24, 2.45) is 0 Å². The number of esters is 1. The molecule has 110 valence electrons. The molecule has 0 aliphatic carbocycles. The molecule has 0 rings (SSSR count). The summed E-state index contributed by atoms with van der Waals surface area (Å²) in [6.45, 7) is -0.924. The number of aliphatic carboxylic acids is 2. The summed E-state index contributed by atoms with van der Waals surface area (Å²) in [5.41, 5.74) is -2.90. The molecule has 0 aromatic heterocycles. The summed E-state index contributed by atoms with van der Waals surface area (Å²) in [6.07, 6.45) is -6.43. The SMILES string of the molecule is O=C(O)CC(O)(CC(=O)OC(O)C(O)CO)C(=O)O. The fourth-order valence-corrected chi connectivity index (χ4v) is 1.05. The number of carbonyl (C=O) groups excluding carboxylic acids is 1. The fraction of sp³-hybridized carbons (Fsp3) is 0.667. The summed E-state index contributed by atoms with van der Waals surface area (Å²) >= 11 is 0. The summed E-state index contributed by atoms with van der Waals surface area (Å²) in [4.78, 5) is 32.3. The first-order valence-electron chi connectivity index (χ1n) is 4.96. The Morgan fingerprint density at radius 1 is 1.11 bits per heavy atom. The van der Waals surface area contributed by atoms with Gasteiger partial charge in [0.2, 0.25) is 6.29 Å². The van der Waals surface area contributed by atoms with Crippen LogP contribution in [0.5, 0.6) is 0 Å². The number of aliphatic hydroxyl groups is 4. The lowest BCUT2D eigenvalue weighted by molar-refractivity contribution is -0.197. The third kappa shape index (κ3) is 5.61. The van der Waals surface area contributed by atoms with Crippen molar-refractivity contribution < 1.29 is 49.8 Å². The maximum absolute atomic E-state index is 11.2. The lowest BCUT2D eigenvalue weighted by atomic mass is 9.96. The molecule has 10 nitrogen and oxygen atoms in total. The van der Waals surface area contributed by atoms with E-state index in [1.807, 2.05) is 0 Å². The maximum Gasteiger partial charge on any atom is 0.336 e. The van der Waals surface area contributed by atoms with Gasteiger partial charge in [-0.25, -0.2) is 4.79 Å². The van der Waals surface area contributed by atoms with Crippen LogP contribution in [0, 0.1) is 0 Å². The van der Waals surface area contributed by atoms with E-state index in [-0.39, 0.29) is 0 Å². The molecule has 0 aliphatic rings. The molecular weight excluding hydrogens is 268 g/mol. The van der Waals surface area contributed by atoms with Crippen molar-refractivity contribution in [3.63, 3.8) is 0 Å². The summed E-state index contributed by atoms with van der Waals surface area (Å²) in [6, 6.07) is 0. The molecular formula is C9H14O10. The number of aliphatic hydroxyl groups excluding tert-OH is 3. The molecule has 0 heterocycles. The normalized spacial score (nSPS) is 17.1. The minimum Gasteiger partial charge on any atom is -0.481 e. The Morgan fingerprint density at radius 2 is 1.63 bits per heavy atom. The first kappa shape index (κ1) is 17.2. The third-order valence-corrected chi connectivity index (χ3v) is 2.05. The van der Waals surface area contributed by atoms with Crippen LogP contribution in [-0.4, -0.2) is 73.1 Å². The highest BCUT2D eigenvalue weighted by molar-refractivity contribution is 5.88. The van der Waals surface area contributed by atoms with Crippen LogP contribution in [0.25, 0.3) is 0 Å². The Balaban J connectivity index is 4.65. The molecule has 0 fully saturated rings. The first-order chi connectivity index (χ1) is 8.62. The smallest absolute Gasteiger partial charge is 0.336 e. The van der Waals surface area contributed by atoms with Gasteiger partial charge in [-0.1, -0.05) is 0 Å². The van der Waals surface area contributed by atoms with E-state index in [4.69, 9.17) is 25.5 Å². The molecule has 19 heavy (non-hydrogen) atoms. The molecule has 3 atom stereocenters. The Morgan fingerprint density at radius 3 is 2.00 bits per heavy atom. The fourth-order valence-electron chi connectivity index (χ4n) is 1.05. The van der Waals surface area contributed by atoms with Gasteiger partial charge in [-0.15, -0.1) is 0 Å². The monoisotopic (exact) mass is 282 g/mol. The Bertz CT molecular complexity index is 353. The van der Waals surface area contributed by atoms with Gasteiger partial charge in [-0.3, -0.25) is 9.59 Å². The molecule has 0 aliphatic heterocycles. The highest BCUT2D eigenvalue weighted by atomic mass is 16.6. The van der Waals surface area contributed by atoms with E-state index in [1.165, 1.54) is 0 Å². The van der Waals surface area contributed by atoms with Gasteiger partial charge in [0.15, 0.2) is 5.60 Å². The predicted molar refractivity (Wildman–Crippen MR) is 54.6 cm³/mol. The van der Waals surface area contributed by atoms with Gasteiger partial charge in [-0.05, 0) is 0 Å². The molecule has 6 N–H and O–H groups in total. The van der Waals surface area contributed by atoms with Crippen molar-refractivity contribution in [2.75, 3.05) is 6.61 Å². The predicted octanol–water partition coefficient (Wildman–Crippen LogP) is -3.12. The van der Waals surface area contributed by atoms with Crippen LogP contribution in [0.15, 0.2) is 0 Å². The summed E-state index contributed by atoms with van der Waals surface area (Å²) < 4.78 is 4.12. The second kappa shape index (κ2) is 6.99. The average molecular weight is 282 g/mol. The molecule has 0 saturated heterocycles. The standard InChI is InChI=1S/C9H14O10/c10-3-4(11)7(15)19-6(14)2-9(18,8(16)17)1-5(12)13/h4,7,10-11,15,18H,1-3H2,(H,12,13)(H,16,17). The number of carboxylic acids is 2. The van der Waals surface area contributed by atoms with Crippen LogP contribution in [0.4, 0.5) is 0 Å². The van der Waals surface area contributed by atoms with Gasteiger partial charge in [-0.2, -0.15) is 0 Å². The van der Waals surface area contributed by atoms with Crippen LogP contribution >= 0.6 is 0 Å². The van der Waals surface area contributed by atoms with Crippen LogP contribution in [0.2, 0.25) is 0 Å². The third-order valence-electron chi connectivity index (χ3n) is 2.05. The average Bonchev–Trinajstić information content (AvgIpc) is 2.25. The first-order valence-corrected chi connectivity index (χ1v) is 4.96. The topological polar surface area (TPSA) is 182 Å². The van der Waals surface area contributed by atoms with E-state index < -0.39 is 55.4 Å². The lowest BCUT2D eigenvalue weighted by Crippen LogP contribution is -2.44. The van der Waals surface area contributed by atoms with E-state index in [2.05, 4.69) is 4.74 Å². The molecule has 0 aromatic rings. The zero-order valence-corrected chi connectivity index (χ0v) is 9.59. The molecule has 3 unspecified atom stereocenters. The molecule has 0 radical (unpaired) electrons. The molecule has 0 aromatic carbocycles. The van der Waals surface area contributed by atoms with Crippen LogP contribution in [-0.2, 0) is 19.1 Å². The minimum absolute atomic E-state index is 0.924. The van der Waals surface area contributed by atoms with Crippen LogP contribution < -0.4 is 0 Å². The molecule has 0 bridgehead atoms. The number of hydrogen-bond donors (Lipinski definition) is 6. The molecule has 0 saturated carbocycles. The number of carboxylic acid groups (broad SMARTS) is 2. The van der Waals surface area contributed by atoms with Gasteiger partial charge in [0.1, 0.15) is 6.10 Å². The number of hydrogen-bond acceptors (Lipinski definition) is 8. The zero-order chi connectivity index (χ0) is 15.2. The van der Waals surface area contributed by atoms with Crippen molar-refractivity contribution in [3.8, 4) is 0 Å². The van der Waals surface area contributed by atoms with Crippen molar-refractivity contribution in [1.82, 2.24) is 0 Å². The highest BCUT2D eigenvalue weighted by Gasteiger charge is 2.42. The molecule has 0 spiro atoms. The van der Waals surface area contributed by atoms with Crippen molar-refractivity contribution in [1.29, 1.82) is 0 Å². The van der Waals surface area contributed by atoms with Gasteiger partial charge in [0.05, 0.1) is 19.4 Å². The number of ether oxygens (including phenoxy) is 1. The molecule has 10 heteroatoms. The maximum atomic E-state index is 11.2. The second-order valence-corrected chi connectivity index (χ2v) is 3.71. The van der Waals surface area contributed by atoms with Crippen LogP contribution in [0.1, 0.15) is 12.8 Å². The Kier molecular flexibility index (Phi) is 6.35. The molecule has 0 amide bonds. The van der Waals surface area contributed by atoms with Crippen molar-refractivity contribution >= 4 is 17.9 Å². The van der Waals surface area contributed by atoms with Gasteiger partial charge < -0.3 is 35.4 Å². The largest absolute Gasteiger partial charge is 0.481 e. The number of carbonyl (C=O) groups is 3. The number of rotatable bonds is 8. The van der Waals surface area contributed by atoms with E-state index in [0.717, 1.165) is 0 Å². The minimum atomic E-state index is -2.90. The van der Waals surface area contributed by atoms with Crippen LogP contribution in [0.3, 0.4) is 0 Å². The Hall–Kier alpha value is -1.75. The van der Waals surface area contributed by atoms with E-state index in [9.17, 15) is 19.5 Å². The van der Waals surface area contributed by atoms with Gasteiger partial charge in [0.25, 0.3) is 0 Å². The van der Waals surface area contributed by atoms with Crippen molar-refractivity contribution in [3.05, 3.63) is 0 Å². The Labute approximate surface area is 106 Å². The van der Waals surface area contributed by atoms with Gasteiger partial charge in [0, 0.05) is 0 Å². The summed E-state index contributed by atoms with van der Waals surface area (Å²) in [5.74, 6) is -5.07. The second-order valence-electron chi connectivity index (χ2n) is 3.71. The highest BCUT2D eigenvalue weighted by Crippen LogP contribution is 2.17. The van der Waals surface area contributed by atoms with E-state index in [1.54, 1.807) is 0 Å². The summed E-state index contributed by atoms with van der Waals surface area (Å²) in [7, 11) is 0.